The summed E-state index contributed by atoms with van der Waals surface area (Å²) in [4.78, 5) is 21.5. The fraction of sp³-hybridized carbons (Fsp3) is 0.750. The normalized spacial score (nSPS) is 29.6. The number of hydrogen-bond acceptors (Lipinski definition) is 2. The summed E-state index contributed by atoms with van der Waals surface area (Å²) in [5.74, 6) is -1.33. The van der Waals surface area contributed by atoms with E-state index < -0.39 is 5.97 Å². The first-order chi connectivity index (χ1) is 5.59. The lowest BCUT2D eigenvalue weighted by Crippen LogP contribution is -2.42. The zero-order valence-corrected chi connectivity index (χ0v) is 7.04. The highest BCUT2D eigenvalue weighted by molar-refractivity contribution is 5.83. The van der Waals surface area contributed by atoms with Gasteiger partial charge < -0.3 is 10.4 Å². The Morgan fingerprint density at radius 3 is 2.83 bits per heavy atom. The maximum absolute atomic E-state index is 11.2. The molecule has 0 bridgehead atoms. The molecule has 4 heteroatoms. The molecule has 4 nitrogen and oxygen atoms in total. The molecule has 1 aliphatic rings. The number of hydrogen-bond donors (Lipinski definition) is 2. The van der Waals surface area contributed by atoms with Crippen molar-refractivity contribution in [3.8, 4) is 0 Å². The van der Waals surface area contributed by atoms with Gasteiger partial charge in [-0.15, -0.1) is 0 Å². The molecule has 1 aliphatic heterocycles. The molecule has 1 unspecified atom stereocenters. The van der Waals surface area contributed by atoms with E-state index >= 15 is 0 Å². The molecule has 0 spiro atoms. The van der Waals surface area contributed by atoms with Gasteiger partial charge in [0.1, 0.15) is 0 Å². The minimum absolute atomic E-state index is 0.0431. The Morgan fingerprint density at radius 2 is 2.33 bits per heavy atom. The topological polar surface area (TPSA) is 66.4 Å². The van der Waals surface area contributed by atoms with Crippen LogP contribution in [0.25, 0.3) is 0 Å². The Bertz CT molecular complexity index is 202. The molecule has 1 rings (SSSR count). The van der Waals surface area contributed by atoms with Crippen LogP contribution >= 0.6 is 0 Å². The molecule has 68 valence electrons. The number of carboxylic acids is 1. The van der Waals surface area contributed by atoms with Gasteiger partial charge in [0.15, 0.2) is 0 Å². The van der Waals surface area contributed by atoms with Crippen molar-refractivity contribution in [1.29, 1.82) is 0 Å². The molecule has 0 aromatic rings. The van der Waals surface area contributed by atoms with Crippen LogP contribution in [0.2, 0.25) is 0 Å². The van der Waals surface area contributed by atoms with Crippen molar-refractivity contribution < 1.29 is 14.7 Å². The van der Waals surface area contributed by atoms with Gasteiger partial charge in [-0.3, -0.25) is 9.59 Å². The number of carboxylic acid groups (broad SMARTS) is 1. The van der Waals surface area contributed by atoms with E-state index in [0.717, 1.165) is 6.42 Å². The molecule has 0 aromatic heterocycles. The van der Waals surface area contributed by atoms with Crippen molar-refractivity contribution in [3.05, 3.63) is 0 Å². The number of carbonyl (C=O) groups excluding carboxylic acids is 1. The van der Waals surface area contributed by atoms with Gasteiger partial charge in [0.05, 0.1) is 6.42 Å². The number of amides is 1. The number of nitrogens with one attached hydrogen (secondary N) is 1. The van der Waals surface area contributed by atoms with Crippen LogP contribution in [0.15, 0.2) is 0 Å². The van der Waals surface area contributed by atoms with Gasteiger partial charge >= 0.3 is 5.97 Å². The highest BCUT2D eigenvalue weighted by atomic mass is 16.4. The van der Waals surface area contributed by atoms with Crippen LogP contribution in [-0.4, -0.2) is 23.0 Å². The minimum Gasteiger partial charge on any atom is -0.481 e. The van der Waals surface area contributed by atoms with Gasteiger partial charge in [-0.1, -0.05) is 0 Å². The van der Waals surface area contributed by atoms with Crippen molar-refractivity contribution in [2.75, 3.05) is 0 Å². The molecule has 1 heterocycles. The lowest BCUT2D eigenvalue weighted by Gasteiger charge is -2.25. The SMILES string of the molecule is C[C@@H]1CCC(CC(=O)O)C(=O)N1. The summed E-state index contributed by atoms with van der Waals surface area (Å²) in [6.07, 6.45) is 1.53. The van der Waals surface area contributed by atoms with Crippen LogP contribution in [0.4, 0.5) is 0 Å². The van der Waals surface area contributed by atoms with Crippen LogP contribution in [-0.2, 0) is 9.59 Å². The van der Waals surface area contributed by atoms with Crippen LogP contribution in [0.1, 0.15) is 26.2 Å². The fourth-order valence-electron chi connectivity index (χ4n) is 1.42. The molecule has 0 aromatic carbocycles. The third-order valence-electron chi connectivity index (χ3n) is 2.13. The number of aliphatic carboxylic acids is 1. The van der Waals surface area contributed by atoms with Crippen LogP contribution in [0, 0.1) is 5.92 Å². The fourth-order valence-corrected chi connectivity index (χ4v) is 1.42. The summed E-state index contributed by atoms with van der Waals surface area (Å²) in [7, 11) is 0. The molecule has 0 radical (unpaired) electrons. The van der Waals surface area contributed by atoms with Crippen LogP contribution in [0.3, 0.4) is 0 Å². The van der Waals surface area contributed by atoms with E-state index in [4.69, 9.17) is 5.11 Å². The predicted molar refractivity (Wildman–Crippen MR) is 42.6 cm³/mol. The van der Waals surface area contributed by atoms with Crippen molar-refractivity contribution >= 4 is 11.9 Å². The monoisotopic (exact) mass is 171 g/mol. The zero-order valence-electron chi connectivity index (χ0n) is 7.04. The minimum atomic E-state index is -0.898. The number of carbonyl (C=O) groups is 2. The molecular formula is C8H13NO3. The predicted octanol–water partition coefficient (Wildman–Crippen LogP) is 0.376. The Hall–Kier alpha value is -1.06. The first-order valence-electron chi connectivity index (χ1n) is 4.11. The summed E-state index contributed by atoms with van der Waals surface area (Å²) in [6.45, 7) is 1.93. The van der Waals surface area contributed by atoms with Gasteiger partial charge in [-0.05, 0) is 19.8 Å². The molecule has 1 amide bonds. The maximum Gasteiger partial charge on any atom is 0.304 e. The van der Waals surface area contributed by atoms with Gasteiger partial charge in [0, 0.05) is 12.0 Å². The molecule has 0 aliphatic carbocycles. The van der Waals surface area contributed by atoms with E-state index in [0.29, 0.717) is 6.42 Å². The van der Waals surface area contributed by atoms with E-state index in [1.54, 1.807) is 0 Å². The van der Waals surface area contributed by atoms with Crippen molar-refractivity contribution in [2.24, 2.45) is 5.92 Å². The molecule has 1 fully saturated rings. The quantitative estimate of drug-likeness (QED) is 0.631. The second-order valence-corrected chi connectivity index (χ2v) is 3.28. The van der Waals surface area contributed by atoms with Gasteiger partial charge in [-0.25, -0.2) is 0 Å². The average molecular weight is 171 g/mol. The molecule has 12 heavy (non-hydrogen) atoms. The Labute approximate surface area is 71.0 Å². The maximum atomic E-state index is 11.2. The van der Waals surface area contributed by atoms with E-state index in [-0.39, 0.29) is 24.3 Å². The van der Waals surface area contributed by atoms with Gasteiger partial charge in [0.25, 0.3) is 0 Å². The molecule has 1 saturated heterocycles. The summed E-state index contributed by atoms with van der Waals surface area (Å²) in [5.41, 5.74) is 0. The summed E-state index contributed by atoms with van der Waals surface area (Å²) in [6, 6.07) is 0.197. The highest BCUT2D eigenvalue weighted by Gasteiger charge is 2.27. The van der Waals surface area contributed by atoms with E-state index in [1.165, 1.54) is 0 Å². The Morgan fingerprint density at radius 1 is 1.67 bits per heavy atom. The van der Waals surface area contributed by atoms with Crippen molar-refractivity contribution in [1.82, 2.24) is 5.32 Å². The van der Waals surface area contributed by atoms with Gasteiger partial charge in [-0.2, -0.15) is 0 Å². The van der Waals surface area contributed by atoms with Crippen molar-refractivity contribution in [2.45, 2.75) is 32.2 Å². The Kier molecular flexibility index (Phi) is 2.68. The standard InChI is InChI=1S/C8H13NO3/c1-5-2-3-6(4-7(10)11)8(12)9-5/h5-6H,2-4H2,1H3,(H,9,12)(H,10,11)/t5-,6?/m1/s1. The number of rotatable bonds is 2. The largest absolute Gasteiger partial charge is 0.481 e. The molecular weight excluding hydrogens is 158 g/mol. The van der Waals surface area contributed by atoms with Gasteiger partial charge in [0.2, 0.25) is 5.91 Å². The summed E-state index contributed by atoms with van der Waals surface area (Å²) in [5, 5.41) is 11.2. The molecule has 0 saturated carbocycles. The summed E-state index contributed by atoms with van der Waals surface area (Å²) < 4.78 is 0. The lowest BCUT2D eigenvalue weighted by molar-refractivity contribution is -0.142. The lowest BCUT2D eigenvalue weighted by atomic mass is 9.92. The highest BCUT2D eigenvalue weighted by Crippen LogP contribution is 2.18. The Balaban J connectivity index is 2.45. The van der Waals surface area contributed by atoms with E-state index in [9.17, 15) is 9.59 Å². The van der Waals surface area contributed by atoms with Crippen LogP contribution < -0.4 is 5.32 Å². The third-order valence-corrected chi connectivity index (χ3v) is 2.13. The smallest absolute Gasteiger partial charge is 0.304 e. The molecule has 2 N–H and O–H groups in total. The summed E-state index contributed by atoms with van der Waals surface area (Å²) >= 11 is 0. The van der Waals surface area contributed by atoms with Crippen molar-refractivity contribution in [3.63, 3.8) is 0 Å². The first kappa shape index (κ1) is 9.03. The average Bonchev–Trinajstić information content (AvgIpc) is 1.94. The third kappa shape index (κ3) is 2.22. The molecule has 2 atom stereocenters. The second kappa shape index (κ2) is 3.56. The second-order valence-electron chi connectivity index (χ2n) is 3.28. The van der Waals surface area contributed by atoms with E-state index in [2.05, 4.69) is 5.32 Å². The van der Waals surface area contributed by atoms with E-state index in [1.807, 2.05) is 6.92 Å². The van der Waals surface area contributed by atoms with Crippen LogP contribution in [0.5, 0.6) is 0 Å². The first-order valence-corrected chi connectivity index (χ1v) is 4.11. The zero-order chi connectivity index (χ0) is 9.14. The number of piperidine rings is 1.